The Bertz CT molecular complexity index is 552. The Morgan fingerprint density at radius 1 is 1.50 bits per heavy atom. The van der Waals surface area contributed by atoms with E-state index in [9.17, 15) is 4.79 Å². The second-order valence-electron chi connectivity index (χ2n) is 3.78. The third kappa shape index (κ3) is 1.38. The second-order valence-corrected chi connectivity index (χ2v) is 4.40. The molecule has 5 heteroatoms. The van der Waals surface area contributed by atoms with Gasteiger partial charge in [-0.3, -0.25) is 4.79 Å². The van der Waals surface area contributed by atoms with Gasteiger partial charge in [0.1, 0.15) is 5.52 Å². The van der Waals surface area contributed by atoms with Crippen LogP contribution in [0.3, 0.4) is 0 Å². The molecule has 16 heavy (non-hydrogen) atoms. The molecule has 4 nitrogen and oxygen atoms in total. The van der Waals surface area contributed by atoms with E-state index >= 15 is 0 Å². The van der Waals surface area contributed by atoms with Crippen molar-refractivity contribution in [3.05, 3.63) is 24.6 Å². The Kier molecular flexibility index (Phi) is 2.11. The molecule has 0 spiro atoms. The van der Waals surface area contributed by atoms with Gasteiger partial charge in [-0.2, -0.15) is 0 Å². The zero-order valence-corrected chi connectivity index (χ0v) is 9.15. The standard InChI is InChI=1S/C11H9ClN2O2/c12-7-4-10(15)14(5-7)8-2-1-3-9-11(8)13-6-16-9/h1-3,6-7H,4-5H2. The van der Waals surface area contributed by atoms with Gasteiger partial charge in [0.05, 0.1) is 11.1 Å². The number of alkyl halides is 1. The molecule has 1 aromatic carbocycles. The Morgan fingerprint density at radius 2 is 2.38 bits per heavy atom. The van der Waals surface area contributed by atoms with Gasteiger partial charge in [-0.15, -0.1) is 11.6 Å². The van der Waals surface area contributed by atoms with Gasteiger partial charge < -0.3 is 9.32 Å². The molecule has 82 valence electrons. The van der Waals surface area contributed by atoms with Crippen LogP contribution in [0, 0.1) is 0 Å². The molecule has 1 amide bonds. The minimum absolute atomic E-state index is 0.0375. The van der Waals surface area contributed by atoms with Gasteiger partial charge in [0.2, 0.25) is 5.91 Å². The molecule has 1 saturated heterocycles. The van der Waals surface area contributed by atoms with Crippen LogP contribution >= 0.6 is 11.6 Å². The molecular formula is C11H9ClN2O2. The lowest BCUT2D eigenvalue weighted by molar-refractivity contribution is -0.117. The molecule has 1 atom stereocenters. The van der Waals surface area contributed by atoms with E-state index < -0.39 is 0 Å². The number of hydrogen-bond acceptors (Lipinski definition) is 3. The smallest absolute Gasteiger partial charge is 0.228 e. The molecule has 1 fully saturated rings. The van der Waals surface area contributed by atoms with Crippen molar-refractivity contribution in [2.45, 2.75) is 11.8 Å². The molecule has 1 unspecified atom stereocenters. The normalized spacial score (nSPS) is 20.9. The number of aromatic nitrogens is 1. The lowest BCUT2D eigenvalue weighted by atomic mass is 10.2. The number of oxazole rings is 1. The molecule has 2 aromatic rings. The van der Waals surface area contributed by atoms with E-state index in [1.165, 1.54) is 6.39 Å². The summed E-state index contributed by atoms with van der Waals surface area (Å²) < 4.78 is 5.20. The van der Waals surface area contributed by atoms with Crippen molar-refractivity contribution < 1.29 is 9.21 Å². The second kappa shape index (κ2) is 3.49. The first-order valence-corrected chi connectivity index (χ1v) is 5.46. The molecule has 0 saturated carbocycles. The summed E-state index contributed by atoms with van der Waals surface area (Å²) in [5, 5.41) is -0.116. The van der Waals surface area contributed by atoms with E-state index in [2.05, 4.69) is 4.98 Å². The zero-order chi connectivity index (χ0) is 11.1. The van der Waals surface area contributed by atoms with Crippen molar-refractivity contribution in [1.82, 2.24) is 4.98 Å². The molecule has 0 bridgehead atoms. The van der Waals surface area contributed by atoms with E-state index in [1.54, 1.807) is 4.90 Å². The van der Waals surface area contributed by atoms with Gasteiger partial charge in [-0.25, -0.2) is 4.98 Å². The van der Waals surface area contributed by atoms with Crippen LogP contribution in [0.25, 0.3) is 11.1 Å². The van der Waals surface area contributed by atoms with Crippen molar-refractivity contribution in [3.63, 3.8) is 0 Å². The summed E-state index contributed by atoms with van der Waals surface area (Å²) in [6.45, 7) is 0.534. The number of carbonyl (C=O) groups excluding carboxylic acids is 1. The van der Waals surface area contributed by atoms with E-state index in [0.29, 0.717) is 24.1 Å². The number of para-hydroxylation sites is 1. The number of halogens is 1. The van der Waals surface area contributed by atoms with Crippen LogP contribution in [-0.2, 0) is 4.79 Å². The molecule has 1 aliphatic heterocycles. The van der Waals surface area contributed by atoms with Crippen molar-refractivity contribution in [2.24, 2.45) is 0 Å². The third-order valence-electron chi connectivity index (χ3n) is 2.71. The number of fused-ring (bicyclic) bond motifs is 1. The molecule has 0 N–H and O–H groups in total. The van der Waals surface area contributed by atoms with Crippen molar-refractivity contribution in [3.8, 4) is 0 Å². The summed E-state index contributed by atoms with van der Waals surface area (Å²) >= 11 is 5.97. The number of carbonyl (C=O) groups is 1. The maximum absolute atomic E-state index is 11.7. The SMILES string of the molecule is O=C1CC(Cl)CN1c1cccc2ocnc12. The number of nitrogens with zero attached hydrogens (tertiary/aromatic N) is 2. The van der Waals surface area contributed by atoms with Gasteiger partial charge in [0.25, 0.3) is 0 Å². The van der Waals surface area contributed by atoms with E-state index in [-0.39, 0.29) is 11.3 Å². The van der Waals surface area contributed by atoms with E-state index in [0.717, 1.165) is 5.69 Å². The predicted molar refractivity (Wildman–Crippen MR) is 60.6 cm³/mol. The lowest BCUT2D eigenvalue weighted by Gasteiger charge is -2.15. The summed E-state index contributed by atoms with van der Waals surface area (Å²) in [6.07, 6.45) is 1.77. The highest BCUT2D eigenvalue weighted by Gasteiger charge is 2.30. The van der Waals surface area contributed by atoms with Gasteiger partial charge in [-0.1, -0.05) is 6.07 Å². The highest BCUT2D eigenvalue weighted by molar-refractivity contribution is 6.24. The van der Waals surface area contributed by atoms with Crippen LogP contribution in [0.5, 0.6) is 0 Å². The summed E-state index contributed by atoms with van der Waals surface area (Å²) in [6, 6.07) is 5.53. The van der Waals surface area contributed by atoms with Gasteiger partial charge in [0.15, 0.2) is 12.0 Å². The Balaban J connectivity index is 2.12. The Morgan fingerprint density at radius 3 is 3.12 bits per heavy atom. The molecule has 2 heterocycles. The maximum Gasteiger partial charge on any atom is 0.228 e. The van der Waals surface area contributed by atoms with Crippen molar-refractivity contribution in [2.75, 3.05) is 11.4 Å². The average Bonchev–Trinajstić information content (AvgIpc) is 2.84. The number of amides is 1. The minimum Gasteiger partial charge on any atom is -0.443 e. The van der Waals surface area contributed by atoms with E-state index in [4.69, 9.17) is 16.0 Å². The van der Waals surface area contributed by atoms with Crippen LogP contribution in [0.4, 0.5) is 5.69 Å². The number of hydrogen-bond donors (Lipinski definition) is 0. The molecule has 3 rings (SSSR count). The molecule has 1 aromatic heterocycles. The predicted octanol–water partition coefficient (Wildman–Crippen LogP) is 2.17. The maximum atomic E-state index is 11.7. The zero-order valence-electron chi connectivity index (χ0n) is 8.39. The first-order valence-electron chi connectivity index (χ1n) is 5.02. The Labute approximate surface area is 96.8 Å². The van der Waals surface area contributed by atoms with Gasteiger partial charge >= 0.3 is 0 Å². The van der Waals surface area contributed by atoms with Crippen molar-refractivity contribution >= 4 is 34.3 Å². The molecule has 0 radical (unpaired) electrons. The monoisotopic (exact) mass is 236 g/mol. The van der Waals surface area contributed by atoms with Crippen LogP contribution in [0.1, 0.15) is 6.42 Å². The van der Waals surface area contributed by atoms with Crippen LogP contribution in [0.15, 0.2) is 29.0 Å². The first kappa shape index (κ1) is 9.66. The average molecular weight is 237 g/mol. The third-order valence-corrected chi connectivity index (χ3v) is 3.00. The van der Waals surface area contributed by atoms with E-state index in [1.807, 2.05) is 18.2 Å². The highest BCUT2D eigenvalue weighted by Crippen LogP contribution is 2.30. The molecule has 1 aliphatic rings. The minimum atomic E-state index is -0.116. The van der Waals surface area contributed by atoms with Gasteiger partial charge in [0, 0.05) is 13.0 Å². The van der Waals surface area contributed by atoms with Crippen LogP contribution in [0.2, 0.25) is 0 Å². The summed E-state index contributed by atoms with van der Waals surface area (Å²) in [7, 11) is 0. The summed E-state index contributed by atoms with van der Waals surface area (Å²) in [4.78, 5) is 17.5. The number of benzene rings is 1. The quantitative estimate of drug-likeness (QED) is 0.713. The van der Waals surface area contributed by atoms with Gasteiger partial charge in [-0.05, 0) is 12.1 Å². The topological polar surface area (TPSA) is 46.3 Å². The summed E-state index contributed by atoms with van der Waals surface area (Å²) in [5.74, 6) is 0.0375. The van der Waals surface area contributed by atoms with Crippen LogP contribution in [-0.4, -0.2) is 22.8 Å². The summed E-state index contributed by atoms with van der Waals surface area (Å²) in [5.41, 5.74) is 2.17. The van der Waals surface area contributed by atoms with Crippen LogP contribution < -0.4 is 4.90 Å². The number of rotatable bonds is 1. The number of anilines is 1. The first-order chi connectivity index (χ1) is 7.75. The fraction of sp³-hybridized carbons (Fsp3) is 0.273. The largest absolute Gasteiger partial charge is 0.443 e. The lowest BCUT2D eigenvalue weighted by Crippen LogP contribution is -2.24. The molecular weight excluding hydrogens is 228 g/mol. The Hall–Kier alpha value is -1.55. The molecule has 0 aliphatic carbocycles. The van der Waals surface area contributed by atoms with Crippen molar-refractivity contribution in [1.29, 1.82) is 0 Å². The fourth-order valence-corrected chi connectivity index (χ4v) is 2.26. The fourth-order valence-electron chi connectivity index (χ4n) is 1.99. The highest BCUT2D eigenvalue weighted by atomic mass is 35.5.